The van der Waals surface area contributed by atoms with E-state index in [1.807, 2.05) is 13.1 Å². The van der Waals surface area contributed by atoms with Gasteiger partial charge in [-0.05, 0) is 13.5 Å². The predicted molar refractivity (Wildman–Crippen MR) is 56.7 cm³/mol. The number of rotatable bonds is 2. The van der Waals surface area contributed by atoms with E-state index in [9.17, 15) is 0 Å². The highest BCUT2D eigenvalue weighted by atomic mass is 35.5. The van der Waals surface area contributed by atoms with Crippen molar-refractivity contribution in [2.24, 2.45) is 0 Å². The van der Waals surface area contributed by atoms with Crippen molar-refractivity contribution in [3.8, 4) is 0 Å². The molecule has 0 spiro atoms. The lowest BCUT2D eigenvalue weighted by molar-refractivity contribution is 0.616. The number of likely N-dealkylation sites (N-methyl/N-ethyl adjacent to an activating group) is 1. The Kier molecular flexibility index (Phi) is 2.84. The highest BCUT2D eigenvalue weighted by molar-refractivity contribution is 6.30. The maximum absolute atomic E-state index is 5.85. The van der Waals surface area contributed by atoms with Crippen LogP contribution in [0.1, 0.15) is 6.42 Å². The molecule has 1 saturated heterocycles. The summed E-state index contributed by atoms with van der Waals surface area (Å²) in [5, 5.41) is 11.8. The van der Waals surface area contributed by atoms with Crippen molar-refractivity contribution in [1.82, 2.24) is 15.5 Å². The van der Waals surface area contributed by atoms with Gasteiger partial charge in [0.25, 0.3) is 0 Å². The Balaban J connectivity index is 2.09. The first-order valence-corrected chi connectivity index (χ1v) is 5.08. The molecule has 1 aliphatic rings. The monoisotopic (exact) mass is 212 g/mol. The van der Waals surface area contributed by atoms with Gasteiger partial charge in [-0.2, -0.15) is 5.10 Å². The molecule has 0 radical (unpaired) electrons. The molecular weight excluding hydrogens is 200 g/mol. The van der Waals surface area contributed by atoms with Crippen LogP contribution in [0.25, 0.3) is 0 Å². The molecule has 1 atom stereocenters. The Bertz CT molecular complexity index is 317. The van der Waals surface area contributed by atoms with Crippen LogP contribution >= 0.6 is 11.6 Å². The maximum Gasteiger partial charge on any atom is 0.152 e. The zero-order valence-electron chi connectivity index (χ0n) is 8.07. The van der Waals surface area contributed by atoms with Gasteiger partial charge in [0.05, 0.1) is 11.2 Å². The van der Waals surface area contributed by atoms with Crippen molar-refractivity contribution in [3.63, 3.8) is 0 Å². The molecule has 1 unspecified atom stereocenters. The Morgan fingerprint density at radius 3 is 3.14 bits per heavy atom. The molecule has 1 aliphatic heterocycles. The second-order valence-electron chi connectivity index (χ2n) is 3.45. The number of nitrogens with zero attached hydrogens (tertiary/aromatic N) is 3. The standard InChI is InChI=1S/C9H13ClN4/c1-11-8-2-3-14(6-8)9-4-7(10)5-12-13-9/h4-5,8,11H,2-3,6H2,1H3. The minimum absolute atomic E-state index is 0.552. The lowest BCUT2D eigenvalue weighted by atomic mass is 10.3. The van der Waals surface area contributed by atoms with Crippen LogP contribution in [0.5, 0.6) is 0 Å². The van der Waals surface area contributed by atoms with Gasteiger partial charge in [-0.15, -0.1) is 5.10 Å². The first-order valence-electron chi connectivity index (χ1n) is 4.70. The van der Waals surface area contributed by atoms with E-state index in [1.165, 1.54) is 0 Å². The molecule has 76 valence electrons. The Morgan fingerprint density at radius 2 is 2.50 bits per heavy atom. The second kappa shape index (κ2) is 4.11. The quantitative estimate of drug-likeness (QED) is 0.792. The summed E-state index contributed by atoms with van der Waals surface area (Å²) < 4.78 is 0. The van der Waals surface area contributed by atoms with Crippen molar-refractivity contribution >= 4 is 17.4 Å². The SMILES string of the molecule is CNC1CCN(c2cc(Cl)cnn2)C1. The van der Waals surface area contributed by atoms with Crippen LogP contribution in [0.3, 0.4) is 0 Å². The van der Waals surface area contributed by atoms with Crippen LogP contribution in [0.4, 0.5) is 5.82 Å². The molecule has 0 aliphatic carbocycles. The second-order valence-corrected chi connectivity index (χ2v) is 3.89. The molecule has 1 aromatic rings. The molecule has 1 N–H and O–H groups in total. The van der Waals surface area contributed by atoms with Crippen LogP contribution in [-0.2, 0) is 0 Å². The van der Waals surface area contributed by atoms with Crippen LogP contribution in [0.15, 0.2) is 12.3 Å². The molecular formula is C9H13ClN4. The lowest BCUT2D eigenvalue weighted by Crippen LogP contribution is -2.29. The zero-order valence-corrected chi connectivity index (χ0v) is 8.83. The van der Waals surface area contributed by atoms with Gasteiger partial charge in [-0.3, -0.25) is 0 Å². The largest absolute Gasteiger partial charge is 0.353 e. The molecule has 0 amide bonds. The van der Waals surface area contributed by atoms with E-state index >= 15 is 0 Å². The summed E-state index contributed by atoms with van der Waals surface area (Å²) in [7, 11) is 1.98. The molecule has 2 heterocycles. The molecule has 0 aromatic carbocycles. The van der Waals surface area contributed by atoms with Gasteiger partial charge in [-0.1, -0.05) is 11.6 Å². The lowest BCUT2D eigenvalue weighted by Gasteiger charge is -2.16. The summed E-state index contributed by atoms with van der Waals surface area (Å²) >= 11 is 5.85. The number of aromatic nitrogens is 2. The molecule has 0 bridgehead atoms. The van der Waals surface area contributed by atoms with E-state index in [-0.39, 0.29) is 0 Å². The van der Waals surface area contributed by atoms with Gasteiger partial charge < -0.3 is 10.2 Å². The van der Waals surface area contributed by atoms with E-state index in [2.05, 4.69) is 20.4 Å². The third kappa shape index (κ3) is 1.96. The van der Waals surface area contributed by atoms with Crippen molar-refractivity contribution in [2.45, 2.75) is 12.5 Å². The summed E-state index contributed by atoms with van der Waals surface area (Å²) in [6.07, 6.45) is 2.70. The van der Waals surface area contributed by atoms with Crippen LogP contribution < -0.4 is 10.2 Å². The van der Waals surface area contributed by atoms with E-state index in [0.29, 0.717) is 11.1 Å². The maximum atomic E-state index is 5.85. The van der Waals surface area contributed by atoms with E-state index < -0.39 is 0 Å². The first-order chi connectivity index (χ1) is 6.79. The highest BCUT2D eigenvalue weighted by Crippen LogP contribution is 2.19. The van der Waals surface area contributed by atoms with Crippen molar-refractivity contribution in [2.75, 3.05) is 25.0 Å². The fraction of sp³-hybridized carbons (Fsp3) is 0.556. The summed E-state index contributed by atoms with van der Waals surface area (Å²) in [6, 6.07) is 2.41. The molecule has 0 saturated carbocycles. The van der Waals surface area contributed by atoms with Crippen LogP contribution in [-0.4, -0.2) is 36.4 Å². The normalized spacial score (nSPS) is 21.6. The first kappa shape index (κ1) is 9.68. The Morgan fingerprint density at radius 1 is 1.64 bits per heavy atom. The average molecular weight is 213 g/mol. The smallest absolute Gasteiger partial charge is 0.152 e. The van der Waals surface area contributed by atoms with Crippen molar-refractivity contribution in [1.29, 1.82) is 0 Å². The van der Waals surface area contributed by atoms with Gasteiger partial charge in [0.2, 0.25) is 0 Å². The Hall–Kier alpha value is -0.870. The fourth-order valence-corrected chi connectivity index (χ4v) is 1.83. The minimum Gasteiger partial charge on any atom is -0.353 e. The highest BCUT2D eigenvalue weighted by Gasteiger charge is 2.22. The number of hydrogen-bond acceptors (Lipinski definition) is 4. The third-order valence-electron chi connectivity index (χ3n) is 2.53. The average Bonchev–Trinajstić information content (AvgIpc) is 2.66. The number of hydrogen-bond donors (Lipinski definition) is 1. The molecule has 5 heteroatoms. The fourth-order valence-electron chi connectivity index (χ4n) is 1.69. The van der Waals surface area contributed by atoms with Gasteiger partial charge in [0.15, 0.2) is 5.82 Å². The molecule has 1 fully saturated rings. The summed E-state index contributed by atoms with van der Waals surface area (Å²) in [5.41, 5.74) is 0. The zero-order chi connectivity index (χ0) is 9.97. The number of halogens is 1. The van der Waals surface area contributed by atoms with E-state index in [0.717, 1.165) is 25.3 Å². The molecule has 2 rings (SSSR count). The van der Waals surface area contributed by atoms with Crippen molar-refractivity contribution < 1.29 is 0 Å². The van der Waals surface area contributed by atoms with Gasteiger partial charge in [-0.25, -0.2) is 0 Å². The third-order valence-corrected chi connectivity index (χ3v) is 2.74. The molecule has 14 heavy (non-hydrogen) atoms. The minimum atomic E-state index is 0.552. The summed E-state index contributed by atoms with van der Waals surface area (Å²) in [5.74, 6) is 0.871. The van der Waals surface area contributed by atoms with Gasteiger partial charge in [0, 0.05) is 25.2 Å². The van der Waals surface area contributed by atoms with Crippen LogP contribution in [0.2, 0.25) is 5.02 Å². The topological polar surface area (TPSA) is 41.0 Å². The van der Waals surface area contributed by atoms with E-state index in [1.54, 1.807) is 6.20 Å². The van der Waals surface area contributed by atoms with Gasteiger partial charge in [0.1, 0.15) is 0 Å². The Labute approximate surface area is 88.3 Å². The molecule has 1 aromatic heterocycles. The van der Waals surface area contributed by atoms with Crippen molar-refractivity contribution in [3.05, 3.63) is 17.3 Å². The summed E-state index contributed by atoms with van der Waals surface area (Å²) in [4.78, 5) is 2.19. The predicted octanol–water partition coefficient (Wildman–Crippen LogP) is 0.928. The van der Waals surface area contributed by atoms with E-state index in [4.69, 9.17) is 11.6 Å². The van der Waals surface area contributed by atoms with Gasteiger partial charge >= 0.3 is 0 Å². The molecule has 4 nitrogen and oxygen atoms in total. The van der Waals surface area contributed by atoms with Crippen LogP contribution in [0, 0.1) is 0 Å². The summed E-state index contributed by atoms with van der Waals surface area (Å²) in [6.45, 7) is 1.99. The number of anilines is 1. The number of nitrogens with one attached hydrogen (secondary N) is 1.